The Labute approximate surface area is 191 Å². The molecule has 0 aliphatic carbocycles. The van der Waals surface area contributed by atoms with Gasteiger partial charge in [0.15, 0.2) is 0 Å². The largest absolute Gasteiger partial charge is 0.492 e. The summed E-state index contributed by atoms with van der Waals surface area (Å²) in [6.07, 6.45) is 0. The maximum absolute atomic E-state index is 12.3. The van der Waals surface area contributed by atoms with Gasteiger partial charge in [-0.25, -0.2) is 0 Å². The predicted molar refractivity (Wildman–Crippen MR) is 126 cm³/mol. The van der Waals surface area contributed by atoms with Crippen molar-refractivity contribution < 1.29 is 14.3 Å². The molecule has 3 aromatic carbocycles. The van der Waals surface area contributed by atoms with Gasteiger partial charge in [-0.2, -0.15) is 0 Å². The van der Waals surface area contributed by atoms with E-state index in [1.165, 1.54) is 6.92 Å². The van der Waals surface area contributed by atoms with E-state index < -0.39 is 0 Å². The van der Waals surface area contributed by atoms with E-state index in [0.717, 1.165) is 21.2 Å². The van der Waals surface area contributed by atoms with Crippen LogP contribution in [0, 0.1) is 0 Å². The van der Waals surface area contributed by atoms with Crippen molar-refractivity contribution in [3.05, 3.63) is 88.9 Å². The maximum Gasteiger partial charge on any atom is 0.251 e. The number of ether oxygens (including phenoxy) is 1. The Morgan fingerprint density at radius 3 is 2.45 bits per heavy atom. The number of benzene rings is 3. The van der Waals surface area contributed by atoms with E-state index in [-0.39, 0.29) is 11.8 Å². The van der Waals surface area contributed by atoms with Crippen LogP contribution in [0.3, 0.4) is 0 Å². The minimum atomic E-state index is -0.146. The van der Waals surface area contributed by atoms with E-state index in [4.69, 9.17) is 16.3 Å². The first kappa shape index (κ1) is 22.7. The van der Waals surface area contributed by atoms with Crippen molar-refractivity contribution in [2.75, 3.05) is 18.5 Å². The molecule has 0 saturated carbocycles. The van der Waals surface area contributed by atoms with Gasteiger partial charge in [0.2, 0.25) is 5.91 Å². The van der Waals surface area contributed by atoms with Crippen molar-refractivity contribution in [1.82, 2.24) is 5.32 Å². The molecule has 0 atom stereocenters. The molecule has 160 valence electrons. The summed E-state index contributed by atoms with van der Waals surface area (Å²) in [5, 5.41) is 6.28. The van der Waals surface area contributed by atoms with Crippen LogP contribution in [0.25, 0.3) is 0 Å². The van der Waals surface area contributed by atoms with Crippen LogP contribution in [0.15, 0.2) is 77.7 Å². The van der Waals surface area contributed by atoms with Crippen molar-refractivity contribution in [3.63, 3.8) is 0 Å². The molecule has 0 saturated heterocycles. The fourth-order valence-electron chi connectivity index (χ4n) is 2.75. The molecule has 2 N–H and O–H groups in total. The van der Waals surface area contributed by atoms with Crippen molar-refractivity contribution in [2.24, 2.45) is 0 Å². The van der Waals surface area contributed by atoms with Gasteiger partial charge in [0.25, 0.3) is 5.91 Å². The summed E-state index contributed by atoms with van der Waals surface area (Å²) in [4.78, 5) is 24.6. The molecule has 3 aromatic rings. The third-order valence-electron chi connectivity index (χ3n) is 4.25. The number of rotatable bonds is 9. The quantitative estimate of drug-likeness (QED) is 0.335. The molecule has 0 radical (unpaired) electrons. The normalized spacial score (nSPS) is 10.4. The monoisotopic (exact) mass is 454 g/mol. The lowest BCUT2D eigenvalue weighted by molar-refractivity contribution is -0.114. The molecule has 0 aliphatic rings. The van der Waals surface area contributed by atoms with Gasteiger partial charge in [-0.15, -0.1) is 11.8 Å². The summed E-state index contributed by atoms with van der Waals surface area (Å²) >= 11 is 7.62. The summed E-state index contributed by atoms with van der Waals surface area (Å²) in [7, 11) is 0. The Kier molecular flexibility index (Phi) is 8.38. The SMILES string of the molecule is CC(=O)Nc1cccc(OCCNC(=O)c2ccc(CSc3ccc(Cl)cc3)cc2)c1. The number of carbonyl (C=O) groups is 2. The zero-order valence-electron chi connectivity index (χ0n) is 17.1. The molecule has 31 heavy (non-hydrogen) atoms. The smallest absolute Gasteiger partial charge is 0.251 e. The van der Waals surface area contributed by atoms with Crippen molar-refractivity contribution in [3.8, 4) is 5.75 Å². The second-order valence-electron chi connectivity index (χ2n) is 6.75. The first-order valence-electron chi connectivity index (χ1n) is 9.75. The molecule has 0 spiro atoms. The van der Waals surface area contributed by atoms with Crippen LogP contribution in [-0.4, -0.2) is 25.0 Å². The minimum absolute atomic E-state index is 0.140. The summed E-state index contributed by atoms with van der Waals surface area (Å²) < 4.78 is 5.64. The number of halogens is 1. The first-order chi connectivity index (χ1) is 15.0. The van der Waals surface area contributed by atoms with Crippen molar-refractivity contribution in [1.29, 1.82) is 0 Å². The maximum atomic E-state index is 12.3. The van der Waals surface area contributed by atoms with Crippen LogP contribution in [0.1, 0.15) is 22.8 Å². The molecule has 0 heterocycles. The Morgan fingerprint density at radius 2 is 1.74 bits per heavy atom. The topological polar surface area (TPSA) is 67.4 Å². The molecule has 5 nitrogen and oxygen atoms in total. The average Bonchev–Trinajstić information content (AvgIpc) is 2.76. The van der Waals surface area contributed by atoms with E-state index >= 15 is 0 Å². The summed E-state index contributed by atoms with van der Waals surface area (Å²) in [5.74, 6) is 1.16. The van der Waals surface area contributed by atoms with E-state index in [1.807, 2.05) is 48.5 Å². The molecule has 2 amide bonds. The summed E-state index contributed by atoms with van der Waals surface area (Å²) in [5.41, 5.74) is 2.41. The molecular formula is C24H23ClN2O3S. The van der Waals surface area contributed by atoms with Gasteiger partial charge in [-0.05, 0) is 54.1 Å². The highest BCUT2D eigenvalue weighted by Gasteiger charge is 2.06. The van der Waals surface area contributed by atoms with Gasteiger partial charge in [0.05, 0.1) is 6.54 Å². The fourth-order valence-corrected chi connectivity index (χ4v) is 3.73. The molecule has 0 aliphatic heterocycles. The standard InChI is InChI=1S/C24H23ClN2O3S/c1-17(28)27-21-3-2-4-22(15-21)30-14-13-26-24(29)19-7-5-18(6-8-19)16-31-23-11-9-20(25)10-12-23/h2-12,15H,13-14,16H2,1H3,(H,26,29)(H,27,28). The van der Waals surface area contributed by atoms with E-state index in [1.54, 1.807) is 36.0 Å². The van der Waals surface area contributed by atoms with Gasteiger partial charge in [-0.3, -0.25) is 9.59 Å². The van der Waals surface area contributed by atoms with E-state index in [0.29, 0.717) is 30.2 Å². The lowest BCUT2D eigenvalue weighted by atomic mass is 10.1. The Hall–Kier alpha value is -2.96. The minimum Gasteiger partial charge on any atom is -0.492 e. The highest BCUT2D eigenvalue weighted by Crippen LogP contribution is 2.24. The number of thioether (sulfide) groups is 1. The molecular weight excluding hydrogens is 432 g/mol. The fraction of sp³-hybridized carbons (Fsp3) is 0.167. The van der Waals surface area contributed by atoms with Gasteiger partial charge >= 0.3 is 0 Å². The second-order valence-corrected chi connectivity index (χ2v) is 8.24. The zero-order valence-corrected chi connectivity index (χ0v) is 18.6. The Balaban J connectivity index is 1.41. The average molecular weight is 455 g/mol. The number of nitrogens with one attached hydrogen (secondary N) is 2. The van der Waals surface area contributed by atoms with Gasteiger partial charge < -0.3 is 15.4 Å². The van der Waals surface area contributed by atoms with Gasteiger partial charge in [-0.1, -0.05) is 29.8 Å². The number of hydrogen-bond donors (Lipinski definition) is 2. The highest BCUT2D eigenvalue weighted by molar-refractivity contribution is 7.98. The molecule has 0 aromatic heterocycles. The van der Waals surface area contributed by atoms with Crippen LogP contribution < -0.4 is 15.4 Å². The summed E-state index contributed by atoms with van der Waals surface area (Å²) in [6.45, 7) is 2.15. The zero-order chi connectivity index (χ0) is 22.1. The Morgan fingerprint density at radius 1 is 1.00 bits per heavy atom. The van der Waals surface area contributed by atoms with Crippen molar-refractivity contribution in [2.45, 2.75) is 17.6 Å². The second kappa shape index (κ2) is 11.4. The molecule has 0 bridgehead atoms. The van der Waals surface area contributed by atoms with Gasteiger partial charge in [0.1, 0.15) is 12.4 Å². The highest BCUT2D eigenvalue weighted by atomic mass is 35.5. The van der Waals surface area contributed by atoms with Gasteiger partial charge in [0, 0.05) is 39.9 Å². The van der Waals surface area contributed by atoms with Crippen LogP contribution >= 0.6 is 23.4 Å². The number of anilines is 1. The third-order valence-corrected chi connectivity index (χ3v) is 5.58. The Bertz CT molecular complexity index is 1020. The molecule has 7 heteroatoms. The lowest BCUT2D eigenvalue weighted by Gasteiger charge is -2.10. The van der Waals surface area contributed by atoms with Crippen LogP contribution in [0.5, 0.6) is 5.75 Å². The van der Waals surface area contributed by atoms with Crippen molar-refractivity contribution >= 4 is 40.9 Å². The first-order valence-corrected chi connectivity index (χ1v) is 11.1. The third kappa shape index (κ3) is 7.66. The molecule has 0 fully saturated rings. The van der Waals surface area contributed by atoms with Crippen LogP contribution in [0.4, 0.5) is 5.69 Å². The van der Waals surface area contributed by atoms with E-state index in [9.17, 15) is 9.59 Å². The van der Waals surface area contributed by atoms with E-state index in [2.05, 4.69) is 10.6 Å². The number of carbonyl (C=O) groups excluding carboxylic acids is 2. The van der Waals surface area contributed by atoms with Crippen LogP contribution in [0.2, 0.25) is 5.02 Å². The predicted octanol–water partition coefficient (Wildman–Crippen LogP) is 5.40. The number of hydrogen-bond acceptors (Lipinski definition) is 4. The summed E-state index contributed by atoms with van der Waals surface area (Å²) in [6, 6.07) is 22.4. The number of amides is 2. The molecule has 0 unspecified atom stereocenters. The van der Waals surface area contributed by atoms with Crippen LogP contribution in [-0.2, 0) is 10.5 Å². The molecule has 3 rings (SSSR count). The lowest BCUT2D eigenvalue weighted by Crippen LogP contribution is -2.28.